The molecule has 0 atom stereocenters. The quantitative estimate of drug-likeness (QED) is 0.165. The minimum absolute atomic E-state index is 0.938. The van der Waals surface area contributed by atoms with E-state index in [2.05, 4.69) is 158 Å². The van der Waals surface area contributed by atoms with Gasteiger partial charge in [-0.25, -0.2) is 0 Å². The summed E-state index contributed by atoms with van der Waals surface area (Å²) >= 11 is 3.72. The van der Waals surface area contributed by atoms with Crippen molar-refractivity contribution in [2.45, 2.75) is 0 Å². The minimum atomic E-state index is 0.938. The molecule has 12 aromatic rings. The zero-order valence-electron chi connectivity index (χ0n) is 27.2. The highest BCUT2D eigenvalue weighted by atomic mass is 32.1. The lowest BCUT2D eigenvalue weighted by molar-refractivity contribution is 0.673. The molecule has 236 valence electrons. The van der Waals surface area contributed by atoms with Crippen molar-refractivity contribution in [3.63, 3.8) is 0 Å². The highest BCUT2D eigenvalue weighted by Crippen LogP contribution is 2.50. The summed E-state index contributed by atoms with van der Waals surface area (Å²) in [6.07, 6.45) is 0. The van der Waals surface area contributed by atoms with Gasteiger partial charge in [-0.1, -0.05) is 127 Å². The fourth-order valence-electron chi connectivity index (χ4n) is 8.70. The molecule has 3 aromatic heterocycles. The van der Waals surface area contributed by atoms with Crippen LogP contribution in [0.4, 0.5) is 0 Å². The molecular weight excluding hydrogens is 657 g/mol. The number of benzene rings is 9. The van der Waals surface area contributed by atoms with Gasteiger partial charge in [-0.15, -0.1) is 22.7 Å². The predicted molar refractivity (Wildman–Crippen MR) is 223 cm³/mol. The molecule has 0 radical (unpaired) electrons. The summed E-state index contributed by atoms with van der Waals surface area (Å²) in [6.45, 7) is 0. The Morgan fingerprint density at radius 3 is 1.55 bits per heavy atom. The van der Waals surface area contributed by atoms with Gasteiger partial charge < -0.3 is 4.42 Å². The number of rotatable bonds is 2. The van der Waals surface area contributed by atoms with Gasteiger partial charge in [0.1, 0.15) is 5.58 Å². The monoisotopic (exact) mass is 682 g/mol. The Morgan fingerprint density at radius 1 is 0.333 bits per heavy atom. The van der Waals surface area contributed by atoms with Crippen molar-refractivity contribution in [1.82, 2.24) is 0 Å². The molecule has 3 heterocycles. The first-order valence-electron chi connectivity index (χ1n) is 17.3. The fourth-order valence-corrected chi connectivity index (χ4v) is 11.0. The summed E-state index contributed by atoms with van der Waals surface area (Å²) in [5, 5.41) is 15.2. The molecule has 0 bridgehead atoms. The maximum absolute atomic E-state index is 6.64. The lowest BCUT2D eigenvalue weighted by Gasteiger charge is -2.18. The normalized spacial score (nSPS) is 12.3. The van der Waals surface area contributed by atoms with E-state index in [4.69, 9.17) is 4.42 Å². The lowest BCUT2D eigenvalue weighted by Crippen LogP contribution is -1.90. The summed E-state index contributed by atoms with van der Waals surface area (Å²) in [6, 6.07) is 58.1. The van der Waals surface area contributed by atoms with E-state index in [9.17, 15) is 0 Å². The van der Waals surface area contributed by atoms with Crippen LogP contribution in [0.25, 0.3) is 117 Å². The van der Waals surface area contributed by atoms with E-state index >= 15 is 0 Å². The van der Waals surface area contributed by atoms with Crippen molar-refractivity contribution < 1.29 is 4.42 Å². The zero-order chi connectivity index (χ0) is 33.2. The molecule has 0 unspecified atom stereocenters. The van der Waals surface area contributed by atoms with Crippen LogP contribution in [0.2, 0.25) is 0 Å². The number of hydrogen-bond donors (Lipinski definition) is 0. The molecule has 3 heteroatoms. The second kappa shape index (κ2) is 10.3. The molecule has 1 nitrogen and oxygen atoms in total. The molecule has 0 aliphatic heterocycles. The highest BCUT2D eigenvalue weighted by molar-refractivity contribution is 7.27. The van der Waals surface area contributed by atoms with E-state index in [-0.39, 0.29) is 0 Å². The van der Waals surface area contributed by atoms with Crippen molar-refractivity contribution in [3.8, 4) is 22.3 Å². The Morgan fingerprint density at radius 2 is 0.843 bits per heavy atom. The predicted octanol–water partition coefficient (Wildman–Crippen LogP) is 15.1. The Balaban J connectivity index is 1.16. The average Bonchev–Trinajstić information content (AvgIpc) is 3.88. The van der Waals surface area contributed by atoms with Crippen LogP contribution < -0.4 is 0 Å². The molecule has 0 N–H and O–H groups in total. The van der Waals surface area contributed by atoms with E-state index in [0.717, 1.165) is 11.2 Å². The summed E-state index contributed by atoms with van der Waals surface area (Å²) in [4.78, 5) is 0. The Labute approximate surface area is 300 Å². The van der Waals surface area contributed by atoms with E-state index in [1.807, 2.05) is 22.7 Å². The van der Waals surface area contributed by atoms with Crippen LogP contribution >= 0.6 is 22.7 Å². The standard InChI is InChI=1S/C48H26OS2/c1-3-14-33-31(12-1)43(32-13-2-4-15-34(32)44(33)28-21-23-30-29-11-8-10-20-40(29)50-42(30)26-28)27-22-24-41-38(25-27)46-36-17-6-5-16-35(36)45-37-18-7-9-19-39(37)49-47(45)48(46)51-41/h1-26H. The third-order valence-electron chi connectivity index (χ3n) is 10.8. The molecule has 0 saturated heterocycles. The van der Waals surface area contributed by atoms with Gasteiger partial charge in [-0.2, -0.15) is 0 Å². The lowest BCUT2D eigenvalue weighted by atomic mass is 9.85. The first kappa shape index (κ1) is 27.8. The first-order valence-corrected chi connectivity index (χ1v) is 19.0. The number of furan rings is 1. The van der Waals surface area contributed by atoms with Crippen LogP contribution in [0.1, 0.15) is 0 Å². The van der Waals surface area contributed by atoms with E-state index in [1.165, 1.54) is 106 Å². The van der Waals surface area contributed by atoms with Crippen molar-refractivity contribution >= 4 is 117 Å². The maximum Gasteiger partial charge on any atom is 0.153 e. The molecule has 0 fully saturated rings. The van der Waals surface area contributed by atoms with Crippen LogP contribution in [-0.2, 0) is 0 Å². The van der Waals surface area contributed by atoms with Gasteiger partial charge in [0.15, 0.2) is 5.58 Å². The topological polar surface area (TPSA) is 13.1 Å². The molecule has 0 spiro atoms. The summed E-state index contributed by atoms with van der Waals surface area (Å²) in [7, 11) is 0. The van der Waals surface area contributed by atoms with Crippen LogP contribution in [0.3, 0.4) is 0 Å². The minimum Gasteiger partial charge on any atom is -0.455 e. The first-order chi connectivity index (χ1) is 25.3. The second-order valence-electron chi connectivity index (χ2n) is 13.5. The fraction of sp³-hybridized carbons (Fsp3) is 0. The van der Waals surface area contributed by atoms with Crippen LogP contribution in [0.5, 0.6) is 0 Å². The van der Waals surface area contributed by atoms with E-state index in [0.29, 0.717) is 0 Å². The van der Waals surface area contributed by atoms with Crippen LogP contribution in [0.15, 0.2) is 162 Å². The zero-order valence-corrected chi connectivity index (χ0v) is 28.9. The summed E-state index contributed by atoms with van der Waals surface area (Å²) in [5.41, 5.74) is 6.99. The molecule has 0 saturated carbocycles. The summed E-state index contributed by atoms with van der Waals surface area (Å²) < 4.78 is 11.8. The second-order valence-corrected chi connectivity index (χ2v) is 15.7. The average molecular weight is 683 g/mol. The molecule has 0 aliphatic carbocycles. The van der Waals surface area contributed by atoms with E-state index < -0.39 is 0 Å². The maximum atomic E-state index is 6.64. The van der Waals surface area contributed by atoms with Crippen LogP contribution in [0, 0.1) is 0 Å². The molecule has 0 aliphatic rings. The SMILES string of the molecule is c1ccc2c(c1)oc1c3sc4ccc(-c5c6ccccc6c(-c6ccc7c(c6)sc6ccccc67)c6ccccc56)cc4c3c3ccccc3c21. The molecule has 12 rings (SSSR count). The van der Waals surface area contributed by atoms with Crippen molar-refractivity contribution in [1.29, 1.82) is 0 Å². The van der Waals surface area contributed by atoms with Crippen molar-refractivity contribution in [2.75, 3.05) is 0 Å². The van der Waals surface area contributed by atoms with Gasteiger partial charge >= 0.3 is 0 Å². The molecule has 0 amide bonds. The number of thiophene rings is 2. The van der Waals surface area contributed by atoms with E-state index in [1.54, 1.807) is 0 Å². The Hall–Kier alpha value is -6.00. The van der Waals surface area contributed by atoms with Crippen molar-refractivity contribution in [2.24, 2.45) is 0 Å². The van der Waals surface area contributed by atoms with Gasteiger partial charge in [-0.3, -0.25) is 0 Å². The van der Waals surface area contributed by atoms with Gasteiger partial charge in [-0.05, 0) is 84.9 Å². The molecular formula is C48H26OS2. The van der Waals surface area contributed by atoms with Gasteiger partial charge in [0.25, 0.3) is 0 Å². The Bertz CT molecular complexity index is 3370. The molecule has 51 heavy (non-hydrogen) atoms. The highest BCUT2D eigenvalue weighted by Gasteiger charge is 2.21. The third-order valence-corrected chi connectivity index (χ3v) is 13.1. The van der Waals surface area contributed by atoms with Gasteiger partial charge in [0.05, 0.1) is 4.70 Å². The smallest absolute Gasteiger partial charge is 0.153 e. The number of para-hydroxylation sites is 1. The van der Waals surface area contributed by atoms with Crippen molar-refractivity contribution in [3.05, 3.63) is 158 Å². The largest absolute Gasteiger partial charge is 0.455 e. The van der Waals surface area contributed by atoms with Crippen LogP contribution in [-0.4, -0.2) is 0 Å². The number of hydrogen-bond acceptors (Lipinski definition) is 3. The third kappa shape index (κ3) is 3.80. The number of fused-ring (bicyclic) bond motifs is 15. The summed E-state index contributed by atoms with van der Waals surface area (Å²) in [5.74, 6) is 0. The van der Waals surface area contributed by atoms with Gasteiger partial charge in [0, 0.05) is 46.4 Å². The Kier molecular flexibility index (Phi) is 5.59. The van der Waals surface area contributed by atoms with Gasteiger partial charge in [0.2, 0.25) is 0 Å². The molecule has 9 aromatic carbocycles.